The van der Waals surface area contributed by atoms with Gasteiger partial charge < -0.3 is 11.1 Å². The van der Waals surface area contributed by atoms with Crippen LogP contribution in [-0.4, -0.2) is 21.7 Å². The molecule has 1 aromatic heterocycles. The zero-order chi connectivity index (χ0) is 12.1. The maximum Gasteiger partial charge on any atom is 0.137 e. The van der Waals surface area contributed by atoms with Gasteiger partial charge in [0.1, 0.15) is 12.2 Å². The van der Waals surface area contributed by atoms with Crippen LogP contribution in [0, 0.1) is 6.92 Å². The Morgan fingerprint density at radius 2 is 2.29 bits per heavy atom. The van der Waals surface area contributed by atoms with E-state index in [0.717, 1.165) is 36.6 Å². The van der Waals surface area contributed by atoms with Crippen molar-refractivity contribution >= 4 is 11.4 Å². The van der Waals surface area contributed by atoms with E-state index >= 15 is 0 Å². The monoisotopic (exact) mass is 231 g/mol. The molecule has 2 rings (SSSR count). The summed E-state index contributed by atoms with van der Waals surface area (Å²) in [5.41, 5.74) is 8.87. The van der Waals surface area contributed by atoms with Crippen LogP contribution in [0.15, 0.2) is 24.5 Å². The maximum atomic E-state index is 5.88. The van der Waals surface area contributed by atoms with Crippen molar-refractivity contribution in [2.24, 2.45) is 0 Å². The molecule has 0 aliphatic rings. The molecule has 1 heterocycles. The van der Waals surface area contributed by atoms with E-state index in [1.54, 1.807) is 0 Å². The highest BCUT2D eigenvalue weighted by atomic mass is 15.2. The van der Waals surface area contributed by atoms with E-state index in [4.69, 9.17) is 5.73 Å². The summed E-state index contributed by atoms with van der Waals surface area (Å²) in [6.45, 7) is 2.92. The summed E-state index contributed by atoms with van der Waals surface area (Å²) in [6.07, 6.45) is 3.41. The van der Waals surface area contributed by atoms with Crippen molar-refractivity contribution in [1.29, 1.82) is 0 Å². The smallest absolute Gasteiger partial charge is 0.137 e. The van der Waals surface area contributed by atoms with Crippen LogP contribution in [0.2, 0.25) is 0 Å². The first kappa shape index (κ1) is 11.4. The molecule has 0 radical (unpaired) electrons. The number of benzene rings is 1. The highest BCUT2D eigenvalue weighted by molar-refractivity contribution is 5.66. The number of anilines is 2. The molecule has 0 aliphatic carbocycles. The summed E-state index contributed by atoms with van der Waals surface area (Å²) in [7, 11) is 0. The average Bonchev–Trinajstić information content (AvgIpc) is 2.82. The Kier molecular flexibility index (Phi) is 3.59. The van der Waals surface area contributed by atoms with Crippen molar-refractivity contribution in [1.82, 2.24) is 15.2 Å². The number of rotatable bonds is 5. The molecular formula is C12H17N5. The minimum Gasteiger partial charge on any atom is -0.397 e. The molecule has 0 atom stereocenters. The van der Waals surface area contributed by atoms with Crippen molar-refractivity contribution in [3.8, 4) is 0 Å². The van der Waals surface area contributed by atoms with Gasteiger partial charge in [0.25, 0.3) is 0 Å². The van der Waals surface area contributed by atoms with E-state index in [-0.39, 0.29) is 0 Å². The van der Waals surface area contributed by atoms with Gasteiger partial charge in [0.15, 0.2) is 0 Å². The van der Waals surface area contributed by atoms with Crippen LogP contribution in [0.1, 0.15) is 17.8 Å². The molecule has 0 saturated carbocycles. The van der Waals surface area contributed by atoms with Crippen molar-refractivity contribution in [2.45, 2.75) is 19.8 Å². The molecule has 0 saturated heterocycles. The normalized spacial score (nSPS) is 10.4. The summed E-state index contributed by atoms with van der Waals surface area (Å²) < 4.78 is 0. The molecule has 0 aliphatic heterocycles. The lowest BCUT2D eigenvalue weighted by molar-refractivity contribution is 0.806. The highest BCUT2D eigenvalue weighted by Crippen LogP contribution is 2.19. The number of aromatic nitrogens is 3. The number of aromatic amines is 1. The topological polar surface area (TPSA) is 79.6 Å². The van der Waals surface area contributed by atoms with Crippen LogP contribution < -0.4 is 11.1 Å². The molecule has 0 fully saturated rings. The zero-order valence-electron chi connectivity index (χ0n) is 9.90. The number of nitrogens with two attached hydrogens (primary N) is 1. The van der Waals surface area contributed by atoms with Gasteiger partial charge in [0.2, 0.25) is 0 Å². The van der Waals surface area contributed by atoms with Gasteiger partial charge in [-0.2, -0.15) is 5.10 Å². The minimum absolute atomic E-state index is 0.787. The van der Waals surface area contributed by atoms with E-state index in [2.05, 4.69) is 33.5 Å². The number of nitrogens with one attached hydrogen (secondary N) is 2. The molecule has 90 valence electrons. The number of H-pyrrole nitrogens is 1. The fourth-order valence-electron chi connectivity index (χ4n) is 1.65. The largest absolute Gasteiger partial charge is 0.397 e. The number of aryl methyl sites for hydroxylation is 2. The van der Waals surface area contributed by atoms with Crippen LogP contribution >= 0.6 is 0 Å². The fourth-order valence-corrected chi connectivity index (χ4v) is 1.65. The molecule has 17 heavy (non-hydrogen) atoms. The molecule has 0 spiro atoms. The molecule has 5 nitrogen and oxygen atoms in total. The van der Waals surface area contributed by atoms with E-state index in [9.17, 15) is 0 Å². The van der Waals surface area contributed by atoms with Gasteiger partial charge in [-0.1, -0.05) is 6.07 Å². The van der Waals surface area contributed by atoms with Crippen molar-refractivity contribution in [3.05, 3.63) is 35.9 Å². The van der Waals surface area contributed by atoms with E-state index < -0.39 is 0 Å². The number of nitrogen functional groups attached to an aromatic ring is 1. The molecule has 1 aromatic carbocycles. The minimum atomic E-state index is 0.787. The van der Waals surface area contributed by atoms with Crippen LogP contribution in [0.4, 0.5) is 11.4 Å². The third kappa shape index (κ3) is 3.21. The second-order valence-corrected chi connectivity index (χ2v) is 4.05. The summed E-state index contributed by atoms with van der Waals surface area (Å²) in [4.78, 5) is 4.07. The van der Waals surface area contributed by atoms with Gasteiger partial charge >= 0.3 is 0 Å². The van der Waals surface area contributed by atoms with Gasteiger partial charge in [-0.25, -0.2) is 4.98 Å². The quantitative estimate of drug-likeness (QED) is 0.541. The third-order valence-corrected chi connectivity index (χ3v) is 2.58. The highest BCUT2D eigenvalue weighted by Gasteiger charge is 1.99. The van der Waals surface area contributed by atoms with Gasteiger partial charge in [-0.15, -0.1) is 0 Å². The van der Waals surface area contributed by atoms with Gasteiger partial charge in [0, 0.05) is 13.0 Å². The molecule has 0 bridgehead atoms. The van der Waals surface area contributed by atoms with Gasteiger partial charge in [-0.3, -0.25) is 5.10 Å². The molecular weight excluding hydrogens is 214 g/mol. The van der Waals surface area contributed by atoms with E-state index in [0.29, 0.717) is 0 Å². The fraction of sp³-hybridized carbons (Fsp3) is 0.333. The SMILES string of the molecule is Cc1ccc(N)c(NCCCc2ncn[nH]2)c1. The van der Waals surface area contributed by atoms with Crippen LogP contribution in [0.5, 0.6) is 0 Å². The lowest BCUT2D eigenvalue weighted by Gasteiger charge is -2.09. The van der Waals surface area contributed by atoms with Crippen LogP contribution in [0.25, 0.3) is 0 Å². The molecule has 4 N–H and O–H groups in total. The summed E-state index contributed by atoms with van der Waals surface area (Å²) in [5, 5.41) is 9.98. The Morgan fingerprint density at radius 3 is 3.06 bits per heavy atom. The number of hydrogen-bond donors (Lipinski definition) is 3. The first-order chi connectivity index (χ1) is 8.25. The molecule has 5 heteroatoms. The Balaban J connectivity index is 1.80. The Labute approximate surface area is 100 Å². The first-order valence-electron chi connectivity index (χ1n) is 5.70. The standard InChI is InChI=1S/C12H17N5/c1-9-4-5-10(13)11(7-9)14-6-2-3-12-15-8-16-17-12/h4-5,7-8,14H,2-3,6,13H2,1H3,(H,15,16,17). The summed E-state index contributed by atoms with van der Waals surface area (Å²) >= 11 is 0. The van der Waals surface area contributed by atoms with Gasteiger partial charge in [-0.05, 0) is 31.0 Å². The Morgan fingerprint density at radius 1 is 1.41 bits per heavy atom. The number of hydrogen-bond acceptors (Lipinski definition) is 4. The number of nitrogens with zero attached hydrogens (tertiary/aromatic N) is 2. The third-order valence-electron chi connectivity index (χ3n) is 2.58. The zero-order valence-corrected chi connectivity index (χ0v) is 9.90. The molecule has 0 amide bonds. The Bertz CT molecular complexity index is 464. The summed E-state index contributed by atoms with van der Waals surface area (Å²) in [5.74, 6) is 0.920. The predicted octanol–water partition coefficient (Wildman–Crippen LogP) is 1.74. The average molecular weight is 231 g/mol. The second-order valence-electron chi connectivity index (χ2n) is 4.05. The van der Waals surface area contributed by atoms with Crippen LogP contribution in [0.3, 0.4) is 0 Å². The van der Waals surface area contributed by atoms with Crippen LogP contribution in [-0.2, 0) is 6.42 Å². The summed E-state index contributed by atoms with van der Waals surface area (Å²) in [6, 6.07) is 5.99. The maximum absolute atomic E-state index is 5.88. The van der Waals surface area contributed by atoms with E-state index in [1.807, 2.05) is 12.1 Å². The van der Waals surface area contributed by atoms with Crippen molar-refractivity contribution < 1.29 is 0 Å². The van der Waals surface area contributed by atoms with Crippen molar-refractivity contribution in [2.75, 3.05) is 17.6 Å². The lowest BCUT2D eigenvalue weighted by atomic mass is 10.2. The molecule has 0 unspecified atom stereocenters. The van der Waals surface area contributed by atoms with Gasteiger partial charge in [0.05, 0.1) is 11.4 Å². The molecule has 2 aromatic rings. The lowest BCUT2D eigenvalue weighted by Crippen LogP contribution is -2.06. The van der Waals surface area contributed by atoms with E-state index in [1.165, 1.54) is 11.9 Å². The second kappa shape index (κ2) is 5.34. The predicted molar refractivity (Wildman–Crippen MR) is 68.8 cm³/mol. The van der Waals surface area contributed by atoms with Crippen molar-refractivity contribution in [3.63, 3.8) is 0 Å². The Hall–Kier alpha value is -2.04. The first-order valence-corrected chi connectivity index (χ1v) is 5.70.